The van der Waals surface area contributed by atoms with Gasteiger partial charge in [-0.25, -0.2) is 0 Å². The number of rotatable bonds is 6. The molecule has 4 nitrogen and oxygen atoms in total. The molecule has 1 aliphatic carbocycles. The summed E-state index contributed by atoms with van der Waals surface area (Å²) in [6.07, 6.45) is 5.99. The van der Waals surface area contributed by atoms with Gasteiger partial charge >= 0.3 is 0 Å². The van der Waals surface area contributed by atoms with Crippen molar-refractivity contribution in [2.24, 2.45) is 0 Å². The van der Waals surface area contributed by atoms with Crippen LogP contribution in [0.25, 0.3) is 0 Å². The van der Waals surface area contributed by atoms with Crippen molar-refractivity contribution >= 4 is 5.91 Å². The highest BCUT2D eigenvalue weighted by molar-refractivity contribution is 5.78. The Balaban J connectivity index is 1.61. The van der Waals surface area contributed by atoms with Crippen LogP contribution in [-0.4, -0.2) is 48.0 Å². The van der Waals surface area contributed by atoms with Crippen molar-refractivity contribution in [2.75, 3.05) is 20.2 Å². The molecular weight excluding hydrogens is 288 g/mol. The van der Waals surface area contributed by atoms with Gasteiger partial charge in [-0.1, -0.05) is 12.1 Å². The molecule has 126 valence electrons. The molecule has 1 aliphatic heterocycles. The van der Waals surface area contributed by atoms with E-state index in [-0.39, 0.29) is 0 Å². The summed E-state index contributed by atoms with van der Waals surface area (Å²) in [5.74, 6) is 1.18. The highest BCUT2D eigenvalue weighted by Gasteiger charge is 2.32. The zero-order valence-electron chi connectivity index (χ0n) is 14.3. The first-order chi connectivity index (χ1) is 11.2. The van der Waals surface area contributed by atoms with E-state index in [2.05, 4.69) is 28.9 Å². The van der Waals surface area contributed by atoms with Crippen LogP contribution < -0.4 is 4.74 Å². The minimum Gasteiger partial charge on any atom is -0.497 e. The lowest BCUT2D eigenvalue weighted by atomic mass is 10.0. The summed E-state index contributed by atoms with van der Waals surface area (Å²) in [6, 6.07) is 9.17. The van der Waals surface area contributed by atoms with Gasteiger partial charge in [0.05, 0.1) is 13.7 Å². The first kappa shape index (κ1) is 16.3. The first-order valence-electron chi connectivity index (χ1n) is 8.84. The highest BCUT2D eigenvalue weighted by Crippen LogP contribution is 2.29. The van der Waals surface area contributed by atoms with Crippen LogP contribution in [-0.2, 0) is 11.3 Å². The van der Waals surface area contributed by atoms with Gasteiger partial charge in [-0.3, -0.25) is 9.69 Å². The van der Waals surface area contributed by atoms with E-state index in [0.29, 0.717) is 24.5 Å². The van der Waals surface area contributed by atoms with Crippen LogP contribution in [0.4, 0.5) is 0 Å². The van der Waals surface area contributed by atoms with E-state index < -0.39 is 0 Å². The largest absolute Gasteiger partial charge is 0.497 e. The number of nitrogens with zero attached hydrogens (tertiary/aromatic N) is 2. The number of likely N-dealkylation sites (tertiary alicyclic amines) is 1. The third kappa shape index (κ3) is 4.25. The molecule has 0 N–H and O–H groups in total. The summed E-state index contributed by atoms with van der Waals surface area (Å²) < 4.78 is 5.22. The number of carbonyl (C=O) groups is 1. The maximum absolute atomic E-state index is 12.7. The van der Waals surface area contributed by atoms with Crippen LogP contribution in [0.15, 0.2) is 24.3 Å². The molecule has 0 bridgehead atoms. The predicted molar refractivity (Wildman–Crippen MR) is 91.5 cm³/mol. The highest BCUT2D eigenvalue weighted by atomic mass is 16.5. The van der Waals surface area contributed by atoms with Gasteiger partial charge in [-0.2, -0.15) is 0 Å². The Morgan fingerprint density at radius 2 is 1.96 bits per heavy atom. The lowest BCUT2D eigenvalue weighted by Crippen LogP contribution is -2.47. The van der Waals surface area contributed by atoms with E-state index >= 15 is 0 Å². The SMILES string of the molecule is COc1ccc(CN(CC(=O)N2CCCCC2C)C2CC2)cc1. The third-order valence-electron chi connectivity index (χ3n) is 5.07. The summed E-state index contributed by atoms with van der Waals surface area (Å²) >= 11 is 0. The number of piperidine rings is 1. The van der Waals surface area contributed by atoms with Crippen LogP contribution in [0.2, 0.25) is 0 Å². The monoisotopic (exact) mass is 316 g/mol. The number of benzene rings is 1. The van der Waals surface area contributed by atoms with Crippen molar-refractivity contribution < 1.29 is 9.53 Å². The van der Waals surface area contributed by atoms with E-state index in [1.165, 1.54) is 24.8 Å². The summed E-state index contributed by atoms with van der Waals surface area (Å²) in [4.78, 5) is 17.1. The lowest BCUT2D eigenvalue weighted by Gasteiger charge is -2.35. The fourth-order valence-corrected chi connectivity index (χ4v) is 3.45. The molecule has 23 heavy (non-hydrogen) atoms. The second-order valence-corrected chi connectivity index (χ2v) is 6.92. The maximum atomic E-state index is 12.7. The molecule has 2 aliphatic rings. The van der Waals surface area contributed by atoms with Gasteiger partial charge in [0.2, 0.25) is 5.91 Å². The van der Waals surface area contributed by atoms with Crippen LogP contribution in [0, 0.1) is 0 Å². The van der Waals surface area contributed by atoms with Crippen LogP contribution >= 0.6 is 0 Å². The van der Waals surface area contributed by atoms with Gasteiger partial charge in [-0.15, -0.1) is 0 Å². The molecule has 1 aromatic carbocycles. The van der Waals surface area contributed by atoms with Crippen LogP contribution in [0.3, 0.4) is 0 Å². The second kappa shape index (κ2) is 7.35. The van der Waals surface area contributed by atoms with Crippen LogP contribution in [0.1, 0.15) is 44.6 Å². The number of hydrogen-bond acceptors (Lipinski definition) is 3. The molecule has 1 saturated heterocycles. The Bertz CT molecular complexity index is 525. The fraction of sp³-hybridized carbons (Fsp3) is 0.632. The molecule has 3 rings (SSSR count). The van der Waals surface area contributed by atoms with Crippen molar-refractivity contribution in [1.82, 2.24) is 9.80 Å². The quantitative estimate of drug-likeness (QED) is 0.808. The van der Waals surface area contributed by atoms with Gasteiger partial charge in [0.25, 0.3) is 0 Å². The molecule has 1 atom stereocenters. The summed E-state index contributed by atoms with van der Waals surface area (Å²) in [6.45, 7) is 4.52. The third-order valence-corrected chi connectivity index (χ3v) is 5.07. The van der Waals surface area contributed by atoms with Gasteiger partial charge < -0.3 is 9.64 Å². The Morgan fingerprint density at radius 3 is 2.57 bits per heavy atom. The molecule has 1 aromatic rings. The van der Waals surface area contributed by atoms with E-state index in [1.54, 1.807) is 7.11 Å². The second-order valence-electron chi connectivity index (χ2n) is 6.92. The average molecular weight is 316 g/mol. The van der Waals surface area contributed by atoms with Gasteiger partial charge in [0.1, 0.15) is 5.75 Å². The molecule has 1 saturated carbocycles. The van der Waals surface area contributed by atoms with Gasteiger partial charge in [0, 0.05) is 25.2 Å². The average Bonchev–Trinajstić information content (AvgIpc) is 3.40. The molecule has 1 amide bonds. The lowest BCUT2D eigenvalue weighted by molar-refractivity contribution is -0.136. The number of amides is 1. The minimum atomic E-state index is 0.303. The fourth-order valence-electron chi connectivity index (χ4n) is 3.45. The Kier molecular flexibility index (Phi) is 5.21. The van der Waals surface area contributed by atoms with E-state index in [1.807, 2.05) is 12.1 Å². The molecule has 1 heterocycles. The molecular formula is C19H28N2O2. The standard InChI is InChI=1S/C19H28N2O2/c1-15-5-3-4-12-21(15)19(22)14-20(17-8-9-17)13-16-6-10-18(23-2)11-7-16/h6-7,10-11,15,17H,3-5,8-9,12-14H2,1-2H3. The van der Waals surface area contributed by atoms with Gasteiger partial charge in [-0.05, 0) is 56.7 Å². The Morgan fingerprint density at radius 1 is 1.22 bits per heavy atom. The Labute approximate surface area is 139 Å². The number of methoxy groups -OCH3 is 1. The number of ether oxygens (including phenoxy) is 1. The molecule has 1 unspecified atom stereocenters. The van der Waals surface area contributed by atoms with Crippen molar-refractivity contribution in [3.63, 3.8) is 0 Å². The normalized spacial score (nSPS) is 21.5. The molecule has 0 spiro atoms. The molecule has 4 heteroatoms. The molecule has 0 aromatic heterocycles. The predicted octanol–water partition coefficient (Wildman–Crippen LogP) is 3.06. The summed E-state index contributed by atoms with van der Waals surface area (Å²) in [7, 11) is 1.68. The zero-order valence-corrected chi connectivity index (χ0v) is 14.3. The van der Waals surface area contributed by atoms with Crippen molar-refractivity contribution in [3.05, 3.63) is 29.8 Å². The summed E-state index contributed by atoms with van der Waals surface area (Å²) in [5.41, 5.74) is 1.25. The smallest absolute Gasteiger partial charge is 0.237 e. The van der Waals surface area contributed by atoms with E-state index in [4.69, 9.17) is 4.74 Å². The van der Waals surface area contributed by atoms with Crippen molar-refractivity contribution in [2.45, 2.75) is 57.7 Å². The zero-order chi connectivity index (χ0) is 16.2. The van der Waals surface area contributed by atoms with Crippen molar-refractivity contribution in [3.8, 4) is 5.75 Å². The minimum absolute atomic E-state index is 0.303. The molecule has 2 fully saturated rings. The summed E-state index contributed by atoms with van der Waals surface area (Å²) in [5, 5.41) is 0. The maximum Gasteiger partial charge on any atom is 0.237 e. The van der Waals surface area contributed by atoms with Crippen LogP contribution in [0.5, 0.6) is 5.75 Å². The van der Waals surface area contributed by atoms with Crippen molar-refractivity contribution in [1.29, 1.82) is 0 Å². The topological polar surface area (TPSA) is 32.8 Å². The number of carbonyl (C=O) groups excluding carboxylic acids is 1. The van der Waals surface area contributed by atoms with E-state index in [0.717, 1.165) is 31.7 Å². The number of hydrogen-bond donors (Lipinski definition) is 0. The molecule has 0 radical (unpaired) electrons. The van der Waals surface area contributed by atoms with E-state index in [9.17, 15) is 4.79 Å². The van der Waals surface area contributed by atoms with Gasteiger partial charge in [0.15, 0.2) is 0 Å². The Hall–Kier alpha value is -1.55. The first-order valence-corrected chi connectivity index (χ1v) is 8.84.